The third-order valence-corrected chi connectivity index (χ3v) is 4.68. The average molecular weight is 355 g/mol. The highest BCUT2D eigenvalue weighted by molar-refractivity contribution is 7.84. The van der Waals surface area contributed by atoms with Gasteiger partial charge in [0.15, 0.2) is 5.76 Å². The Morgan fingerprint density at radius 2 is 1.91 bits per heavy atom. The normalized spacial score (nSPS) is 12.3. The molecule has 1 heterocycles. The fraction of sp³-hybridized carbons (Fsp3) is 0.312. The second-order valence-electron chi connectivity index (χ2n) is 5.27. The summed E-state index contributed by atoms with van der Waals surface area (Å²) in [5, 5.41) is 3.37. The highest BCUT2D eigenvalue weighted by Gasteiger charge is 2.13. The number of halogens is 1. The average Bonchev–Trinajstić information content (AvgIpc) is 2.96. The van der Waals surface area contributed by atoms with E-state index in [4.69, 9.17) is 16.0 Å². The van der Waals surface area contributed by atoms with Crippen molar-refractivity contribution in [3.05, 3.63) is 52.9 Å². The van der Waals surface area contributed by atoms with E-state index in [-0.39, 0.29) is 17.4 Å². The molecule has 124 valence electrons. The fourth-order valence-electron chi connectivity index (χ4n) is 1.86. The molecule has 1 aromatic carbocycles. The predicted octanol–water partition coefficient (Wildman–Crippen LogP) is 2.53. The first-order valence-corrected chi connectivity index (χ1v) is 8.81. The van der Waals surface area contributed by atoms with E-state index in [2.05, 4.69) is 5.32 Å². The third-order valence-electron chi connectivity index (χ3n) is 3.08. The molecule has 0 aliphatic heterocycles. The Hall–Kier alpha value is -1.63. The lowest BCUT2D eigenvalue weighted by atomic mass is 10.4. The van der Waals surface area contributed by atoms with E-state index >= 15 is 0 Å². The fourth-order valence-corrected chi connectivity index (χ4v) is 3.00. The van der Waals surface area contributed by atoms with Gasteiger partial charge in [-0.3, -0.25) is 9.00 Å². The maximum atomic E-state index is 12.3. The van der Waals surface area contributed by atoms with Gasteiger partial charge in [-0.15, -0.1) is 0 Å². The van der Waals surface area contributed by atoms with Crippen molar-refractivity contribution in [2.75, 3.05) is 27.2 Å². The molecule has 0 aliphatic carbocycles. The molecule has 1 unspecified atom stereocenters. The minimum Gasteiger partial charge on any atom is -0.455 e. The van der Waals surface area contributed by atoms with E-state index in [0.717, 1.165) is 6.54 Å². The summed E-state index contributed by atoms with van der Waals surface area (Å²) < 4.78 is 17.7. The van der Waals surface area contributed by atoms with Crippen molar-refractivity contribution in [3.63, 3.8) is 0 Å². The summed E-state index contributed by atoms with van der Waals surface area (Å²) >= 11 is 5.81. The number of nitrogens with zero attached hydrogens (tertiary/aromatic N) is 1. The first-order valence-electron chi connectivity index (χ1n) is 7.11. The summed E-state index contributed by atoms with van der Waals surface area (Å²) in [6, 6.07) is 10.1. The number of amides is 1. The van der Waals surface area contributed by atoms with Crippen LogP contribution < -0.4 is 5.32 Å². The minimum absolute atomic E-state index is 0.215. The van der Waals surface area contributed by atoms with E-state index in [1.54, 1.807) is 36.4 Å². The Morgan fingerprint density at radius 3 is 2.57 bits per heavy atom. The quantitative estimate of drug-likeness (QED) is 0.830. The molecule has 0 spiro atoms. The molecular formula is C16H19ClN2O3S. The van der Waals surface area contributed by atoms with Crippen molar-refractivity contribution in [1.82, 2.24) is 10.2 Å². The standard InChI is InChI=1S/C16H19ClN2O3S/c1-19(2)10-9-18-16(20)15-8-5-13(22-15)11-23(21)14-6-3-12(17)4-7-14/h3-8H,9-11H2,1-2H3,(H,18,20). The number of furan rings is 1. The molecule has 0 saturated carbocycles. The van der Waals surface area contributed by atoms with Crippen molar-refractivity contribution in [2.45, 2.75) is 10.6 Å². The number of rotatable bonds is 7. The van der Waals surface area contributed by atoms with Crippen LogP contribution in [0.15, 0.2) is 45.7 Å². The molecule has 1 amide bonds. The molecular weight excluding hydrogens is 336 g/mol. The van der Waals surface area contributed by atoms with Crippen LogP contribution in [0.2, 0.25) is 5.02 Å². The summed E-state index contributed by atoms with van der Waals surface area (Å²) in [6.45, 7) is 1.29. The summed E-state index contributed by atoms with van der Waals surface area (Å²) in [4.78, 5) is 14.6. The number of benzene rings is 1. The Morgan fingerprint density at radius 1 is 1.22 bits per heavy atom. The Balaban J connectivity index is 1.92. The Labute approximate surface area is 143 Å². The van der Waals surface area contributed by atoms with Crippen molar-refractivity contribution >= 4 is 28.3 Å². The molecule has 1 atom stereocenters. The van der Waals surface area contributed by atoms with Gasteiger partial charge in [-0.1, -0.05) is 11.6 Å². The monoisotopic (exact) mass is 354 g/mol. The van der Waals surface area contributed by atoms with Gasteiger partial charge in [0.2, 0.25) is 0 Å². The van der Waals surface area contributed by atoms with Crippen molar-refractivity contribution in [3.8, 4) is 0 Å². The zero-order chi connectivity index (χ0) is 16.8. The lowest BCUT2D eigenvalue weighted by Crippen LogP contribution is -2.31. The highest BCUT2D eigenvalue weighted by Crippen LogP contribution is 2.17. The van der Waals surface area contributed by atoms with Crippen LogP contribution in [0.4, 0.5) is 0 Å². The number of likely N-dealkylation sites (N-methyl/N-ethyl adjacent to an activating group) is 1. The lowest BCUT2D eigenvalue weighted by Gasteiger charge is -2.09. The van der Waals surface area contributed by atoms with E-state index in [9.17, 15) is 9.00 Å². The van der Waals surface area contributed by atoms with Crippen molar-refractivity contribution in [1.29, 1.82) is 0 Å². The van der Waals surface area contributed by atoms with E-state index in [1.807, 2.05) is 19.0 Å². The SMILES string of the molecule is CN(C)CCNC(=O)c1ccc(CS(=O)c2ccc(Cl)cc2)o1. The number of carbonyl (C=O) groups excluding carboxylic acids is 1. The second kappa shape index (κ2) is 8.29. The molecule has 5 nitrogen and oxygen atoms in total. The lowest BCUT2D eigenvalue weighted by molar-refractivity contribution is 0.0922. The second-order valence-corrected chi connectivity index (χ2v) is 7.16. The van der Waals surface area contributed by atoms with Gasteiger partial charge >= 0.3 is 0 Å². The first-order chi connectivity index (χ1) is 11.0. The van der Waals surface area contributed by atoms with Crippen molar-refractivity contribution < 1.29 is 13.4 Å². The first kappa shape index (κ1) is 17.7. The molecule has 2 rings (SSSR count). The molecule has 0 fully saturated rings. The largest absolute Gasteiger partial charge is 0.455 e. The van der Waals surface area contributed by atoms with Gasteiger partial charge in [-0.25, -0.2) is 0 Å². The van der Waals surface area contributed by atoms with Crippen LogP contribution in [-0.4, -0.2) is 42.2 Å². The molecule has 2 aromatic rings. The van der Waals surface area contributed by atoms with Crippen LogP contribution in [0.25, 0.3) is 0 Å². The predicted molar refractivity (Wildman–Crippen MR) is 91.2 cm³/mol. The number of nitrogens with one attached hydrogen (secondary N) is 1. The summed E-state index contributed by atoms with van der Waals surface area (Å²) in [5.41, 5.74) is 0. The number of carbonyl (C=O) groups is 1. The van der Waals surface area contributed by atoms with Gasteiger partial charge < -0.3 is 14.6 Å². The van der Waals surface area contributed by atoms with Gasteiger partial charge in [0.05, 0.1) is 16.6 Å². The molecule has 0 radical (unpaired) electrons. The molecule has 0 saturated heterocycles. The van der Waals surface area contributed by atoms with E-state index < -0.39 is 10.8 Å². The van der Waals surface area contributed by atoms with Gasteiger partial charge in [0.1, 0.15) is 5.76 Å². The van der Waals surface area contributed by atoms with Gasteiger partial charge in [0, 0.05) is 23.0 Å². The van der Waals surface area contributed by atoms with Crippen LogP contribution >= 0.6 is 11.6 Å². The van der Waals surface area contributed by atoms with Crippen LogP contribution in [0.3, 0.4) is 0 Å². The topological polar surface area (TPSA) is 62.6 Å². The molecule has 0 aliphatic rings. The zero-order valence-corrected chi connectivity index (χ0v) is 14.6. The summed E-state index contributed by atoms with van der Waals surface area (Å²) in [5.74, 6) is 0.686. The van der Waals surface area contributed by atoms with Gasteiger partial charge in [0.25, 0.3) is 5.91 Å². The third kappa shape index (κ3) is 5.49. The van der Waals surface area contributed by atoms with E-state index in [1.165, 1.54) is 0 Å². The molecule has 23 heavy (non-hydrogen) atoms. The maximum absolute atomic E-state index is 12.3. The molecule has 1 N–H and O–H groups in total. The molecule has 7 heteroatoms. The van der Waals surface area contributed by atoms with Gasteiger partial charge in [-0.2, -0.15) is 0 Å². The number of hydrogen-bond donors (Lipinski definition) is 1. The molecule has 0 bridgehead atoms. The minimum atomic E-state index is -1.24. The summed E-state index contributed by atoms with van der Waals surface area (Å²) in [7, 11) is 2.62. The van der Waals surface area contributed by atoms with Crippen LogP contribution in [0.5, 0.6) is 0 Å². The summed E-state index contributed by atoms with van der Waals surface area (Å²) in [6.07, 6.45) is 0. The Kier molecular flexibility index (Phi) is 6.38. The van der Waals surface area contributed by atoms with Crippen LogP contribution in [0, 0.1) is 0 Å². The van der Waals surface area contributed by atoms with Crippen LogP contribution in [0.1, 0.15) is 16.3 Å². The number of hydrogen-bond acceptors (Lipinski definition) is 4. The smallest absolute Gasteiger partial charge is 0.287 e. The van der Waals surface area contributed by atoms with E-state index in [0.29, 0.717) is 22.2 Å². The van der Waals surface area contributed by atoms with Crippen molar-refractivity contribution in [2.24, 2.45) is 0 Å². The maximum Gasteiger partial charge on any atom is 0.287 e. The molecule has 1 aromatic heterocycles. The zero-order valence-electron chi connectivity index (χ0n) is 13.0. The van der Waals surface area contributed by atoms with Crippen LogP contribution in [-0.2, 0) is 16.6 Å². The highest BCUT2D eigenvalue weighted by atomic mass is 35.5. The van der Waals surface area contributed by atoms with Gasteiger partial charge in [-0.05, 0) is 50.5 Å². The Bertz CT molecular complexity index is 683.